The molecule has 178 valence electrons. The third kappa shape index (κ3) is 5.85. The summed E-state index contributed by atoms with van der Waals surface area (Å²) in [5.41, 5.74) is 7.65. The van der Waals surface area contributed by atoms with Crippen molar-refractivity contribution in [3.8, 4) is 22.4 Å². The van der Waals surface area contributed by atoms with Gasteiger partial charge in [-0.3, -0.25) is 0 Å². The average molecular weight is 665 g/mol. The van der Waals surface area contributed by atoms with E-state index in [-0.39, 0.29) is 20.1 Å². The van der Waals surface area contributed by atoms with Crippen molar-refractivity contribution in [1.29, 1.82) is 0 Å². The normalized spacial score (nSPS) is 11.7. The van der Waals surface area contributed by atoms with Crippen LogP contribution in [0.15, 0.2) is 115 Å². The first kappa shape index (κ1) is 25.7. The molecular weight excluding hydrogens is 642 g/mol. The molecule has 1 aromatic heterocycles. The fourth-order valence-corrected chi connectivity index (χ4v) is 4.03. The van der Waals surface area contributed by atoms with Gasteiger partial charge in [0.15, 0.2) is 0 Å². The first-order valence-corrected chi connectivity index (χ1v) is 11.7. The molecule has 2 heterocycles. The van der Waals surface area contributed by atoms with Gasteiger partial charge < -0.3 is 14.8 Å². The molecule has 0 saturated heterocycles. The first-order chi connectivity index (χ1) is 17.2. The van der Waals surface area contributed by atoms with Crippen LogP contribution in [0.25, 0.3) is 22.4 Å². The Morgan fingerprint density at radius 2 is 1.50 bits per heavy atom. The van der Waals surface area contributed by atoms with Crippen molar-refractivity contribution in [2.75, 3.05) is 16.8 Å². The van der Waals surface area contributed by atoms with Gasteiger partial charge in [-0.05, 0) is 36.0 Å². The number of hydrogen-bond acceptors (Lipinski definition) is 3. The molecule has 1 aliphatic rings. The van der Waals surface area contributed by atoms with Crippen molar-refractivity contribution in [3.63, 3.8) is 0 Å². The summed E-state index contributed by atoms with van der Waals surface area (Å²) in [4.78, 5) is 8.69. The maximum absolute atomic E-state index is 5.88. The Kier molecular flexibility index (Phi) is 8.56. The van der Waals surface area contributed by atoms with Gasteiger partial charge in [0.2, 0.25) is 0 Å². The molecule has 0 atom stereocenters. The van der Waals surface area contributed by atoms with E-state index in [1.807, 2.05) is 92.7 Å². The molecule has 0 saturated carbocycles. The molecule has 5 heteroatoms. The Hall–Kier alpha value is -3.43. The second-order valence-electron chi connectivity index (χ2n) is 8.05. The summed E-state index contributed by atoms with van der Waals surface area (Å²) in [7, 11) is 2.04. The van der Waals surface area contributed by atoms with Gasteiger partial charge in [-0.1, -0.05) is 59.6 Å². The Labute approximate surface area is 231 Å². The van der Waals surface area contributed by atoms with Crippen molar-refractivity contribution in [2.45, 2.75) is 0 Å². The molecule has 0 spiro atoms. The molecule has 3 nitrogen and oxygen atoms in total. The molecule has 0 aliphatic carbocycles. The molecule has 5 aromatic rings. The molecule has 0 N–H and O–H groups in total. The molecule has 0 amide bonds. The SMILES string of the molecule is CN1[CH-]N(c2[c-]cc(Cl)cc2)c2ccccc21.[Ir+3].[c-]1ccccc1-c1ccc(-c2ccccc2)cn1. The van der Waals surface area contributed by atoms with E-state index >= 15 is 0 Å². The number of benzene rings is 4. The van der Waals surface area contributed by atoms with E-state index in [4.69, 9.17) is 11.6 Å². The van der Waals surface area contributed by atoms with E-state index in [1.54, 1.807) is 6.07 Å². The number of rotatable bonds is 3. The minimum absolute atomic E-state index is 0. The van der Waals surface area contributed by atoms with Crippen molar-refractivity contribution >= 4 is 28.7 Å². The van der Waals surface area contributed by atoms with E-state index in [0.29, 0.717) is 5.02 Å². The molecule has 0 fully saturated rings. The molecule has 0 radical (unpaired) electrons. The van der Waals surface area contributed by atoms with Crippen LogP contribution >= 0.6 is 11.6 Å². The zero-order valence-corrected chi connectivity index (χ0v) is 22.8. The maximum Gasteiger partial charge on any atom is 3.00 e. The number of aromatic nitrogens is 1. The number of hydrogen-bond donors (Lipinski definition) is 0. The Morgan fingerprint density at radius 1 is 0.750 bits per heavy atom. The van der Waals surface area contributed by atoms with Crippen LogP contribution in [-0.2, 0) is 20.1 Å². The molecule has 4 aromatic carbocycles. The number of pyridine rings is 1. The Bertz CT molecular complexity index is 1320. The number of para-hydroxylation sites is 2. The zero-order chi connectivity index (χ0) is 24.0. The van der Waals surface area contributed by atoms with Crippen LogP contribution in [0, 0.1) is 18.8 Å². The summed E-state index contributed by atoms with van der Waals surface area (Å²) in [5, 5.41) is 0.703. The third-order valence-electron chi connectivity index (χ3n) is 5.68. The largest absolute Gasteiger partial charge is 3.00 e. The Morgan fingerprint density at radius 3 is 2.17 bits per heavy atom. The number of fused-ring (bicyclic) bond motifs is 1. The fraction of sp³-hybridized carbons (Fsp3) is 0.0323. The van der Waals surface area contributed by atoms with Crippen LogP contribution in [-0.4, -0.2) is 12.0 Å². The molecule has 1 aliphatic heterocycles. The number of halogens is 1. The quantitative estimate of drug-likeness (QED) is 0.182. The van der Waals surface area contributed by atoms with Gasteiger partial charge in [0.25, 0.3) is 0 Å². The van der Waals surface area contributed by atoms with Gasteiger partial charge in [0.05, 0.1) is 0 Å². The minimum atomic E-state index is 0. The van der Waals surface area contributed by atoms with Gasteiger partial charge >= 0.3 is 20.1 Å². The molecular formula is C31H23ClIrN3. The predicted molar refractivity (Wildman–Crippen MR) is 146 cm³/mol. The monoisotopic (exact) mass is 665 g/mol. The van der Waals surface area contributed by atoms with Crippen LogP contribution in [0.1, 0.15) is 0 Å². The predicted octanol–water partition coefficient (Wildman–Crippen LogP) is 8.06. The summed E-state index contributed by atoms with van der Waals surface area (Å²) in [5.74, 6) is 0. The van der Waals surface area contributed by atoms with E-state index < -0.39 is 0 Å². The fourth-order valence-electron chi connectivity index (χ4n) is 3.91. The van der Waals surface area contributed by atoms with Gasteiger partial charge in [-0.2, -0.15) is 36.5 Å². The van der Waals surface area contributed by atoms with E-state index in [2.05, 4.69) is 57.2 Å². The second kappa shape index (κ2) is 12.0. The molecule has 0 unspecified atom stereocenters. The van der Waals surface area contributed by atoms with Gasteiger partial charge in [-0.25, -0.2) is 0 Å². The van der Waals surface area contributed by atoms with Gasteiger partial charge in [0.1, 0.15) is 0 Å². The van der Waals surface area contributed by atoms with Crippen LogP contribution in [0.4, 0.5) is 17.1 Å². The third-order valence-corrected chi connectivity index (χ3v) is 5.92. The molecule has 0 bridgehead atoms. The molecule has 6 rings (SSSR count). The van der Waals surface area contributed by atoms with Gasteiger partial charge in [-0.15, -0.1) is 47.6 Å². The average Bonchev–Trinajstić information content (AvgIpc) is 3.27. The summed E-state index contributed by atoms with van der Waals surface area (Å²) in [6.07, 6.45) is 1.91. The minimum Gasteiger partial charge on any atom is -0.504 e. The van der Waals surface area contributed by atoms with Crippen molar-refractivity contribution < 1.29 is 20.1 Å². The van der Waals surface area contributed by atoms with Crippen LogP contribution in [0.3, 0.4) is 0 Å². The number of nitrogens with zero attached hydrogens (tertiary/aromatic N) is 3. The maximum atomic E-state index is 5.88. The van der Waals surface area contributed by atoms with E-state index in [0.717, 1.165) is 28.2 Å². The van der Waals surface area contributed by atoms with Crippen molar-refractivity contribution in [1.82, 2.24) is 4.98 Å². The van der Waals surface area contributed by atoms with Crippen LogP contribution in [0.2, 0.25) is 5.02 Å². The summed E-state index contributed by atoms with van der Waals surface area (Å²) in [6, 6.07) is 42.5. The molecule has 36 heavy (non-hydrogen) atoms. The first-order valence-electron chi connectivity index (χ1n) is 11.3. The van der Waals surface area contributed by atoms with Crippen molar-refractivity contribution in [3.05, 3.63) is 139 Å². The topological polar surface area (TPSA) is 19.4 Å². The van der Waals surface area contributed by atoms with Crippen LogP contribution in [0.5, 0.6) is 0 Å². The Balaban J connectivity index is 0.000000165. The smallest absolute Gasteiger partial charge is 0.504 e. The second-order valence-corrected chi connectivity index (χ2v) is 8.49. The number of anilines is 3. The van der Waals surface area contributed by atoms with Crippen molar-refractivity contribution in [2.24, 2.45) is 0 Å². The van der Waals surface area contributed by atoms with Gasteiger partial charge in [0, 0.05) is 17.6 Å². The summed E-state index contributed by atoms with van der Waals surface area (Å²) in [6.45, 7) is 2.05. The summed E-state index contributed by atoms with van der Waals surface area (Å²) >= 11 is 5.88. The zero-order valence-electron chi connectivity index (χ0n) is 19.6. The van der Waals surface area contributed by atoms with E-state index in [9.17, 15) is 0 Å². The van der Waals surface area contributed by atoms with E-state index in [1.165, 1.54) is 11.3 Å². The van der Waals surface area contributed by atoms with Crippen LogP contribution < -0.4 is 9.80 Å². The standard InChI is InChI=1S/C17H12N.C14H11ClN2.Ir/c1-3-7-14(8-4-1)16-11-12-17(18-13-16)15-9-5-2-6-10-15;1-16-10-17(12-8-6-11(15)7-9-12)14-5-3-2-4-13(14)16;/h1-9,11-13H;2-8,10H,1H3;/q-1;-2;+3. The summed E-state index contributed by atoms with van der Waals surface area (Å²) < 4.78 is 0.